The number of hydrogen-bond donors (Lipinski definition) is 1. The van der Waals surface area contributed by atoms with Crippen LogP contribution < -0.4 is 0 Å². The first kappa shape index (κ1) is 12.7. The lowest BCUT2D eigenvalue weighted by atomic mass is 9.92. The Labute approximate surface area is 112 Å². The highest BCUT2D eigenvalue weighted by Gasteiger charge is 2.19. The summed E-state index contributed by atoms with van der Waals surface area (Å²) in [5.41, 5.74) is 3.20. The van der Waals surface area contributed by atoms with E-state index < -0.39 is 0 Å². The molecule has 2 rings (SSSR count). The molecule has 2 aromatic rings. The van der Waals surface area contributed by atoms with Crippen molar-refractivity contribution in [3.8, 4) is 0 Å². The molecule has 1 atom stereocenters. The zero-order valence-electron chi connectivity index (χ0n) is 10.0. The fourth-order valence-corrected chi connectivity index (χ4v) is 2.18. The summed E-state index contributed by atoms with van der Waals surface area (Å²) in [5, 5.41) is 12.3. The molecule has 1 unspecified atom stereocenters. The van der Waals surface area contributed by atoms with Crippen LogP contribution in [0, 0.1) is 6.92 Å². The molecule has 1 N–H and O–H groups in total. The molecule has 0 aliphatic carbocycles. The molecule has 0 aliphatic heterocycles. The van der Waals surface area contributed by atoms with Crippen LogP contribution in [-0.2, 0) is 0 Å². The Kier molecular flexibility index (Phi) is 4.00. The minimum Gasteiger partial charge on any atom is -0.410 e. The minimum atomic E-state index is -0.224. The molecule has 18 heavy (non-hydrogen) atoms. The van der Waals surface area contributed by atoms with Crippen LogP contribution in [0.15, 0.2) is 59.8 Å². The Balaban J connectivity index is 2.47. The first-order valence-electron chi connectivity index (χ1n) is 5.71. The zero-order chi connectivity index (χ0) is 13.0. The molecule has 0 fully saturated rings. The number of hydrogen-bond acceptors (Lipinski definition) is 2. The van der Waals surface area contributed by atoms with Gasteiger partial charge in [0.25, 0.3) is 0 Å². The number of nitrogens with zero attached hydrogens (tertiary/aromatic N) is 1. The smallest absolute Gasteiger partial charge is 0.157 e. The molecular formula is C15H14ClNO. The summed E-state index contributed by atoms with van der Waals surface area (Å²) in [6.07, 6.45) is 0. The van der Waals surface area contributed by atoms with E-state index in [1.165, 1.54) is 5.56 Å². The van der Waals surface area contributed by atoms with Crippen LogP contribution in [-0.4, -0.2) is 10.4 Å². The van der Waals surface area contributed by atoms with Gasteiger partial charge in [-0.2, -0.15) is 0 Å². The van der Waals surface area contributed by atoms with Crippen molar-refractivity contribution < 1.29 is 5.21 Å². The monoisotopic (exact) mass is 259 g/mol. The van der Waals surface area contributed by atoms with Crippen LogP contribution >= 0.6 is 11.6 Å². The third kappa shape index (κ3) is 2.71. The van der Waals surface area contributed by atoms with Crippen LogP contribution in [0.5, 0.6) is 0 Å². The van der Waals surface area contributed by atoms with E-state index in [9.17, 15) is 0 Å². The van der Waals surface area contributed by atoms with Crippen molar-refractivity contribution in [1.29, 1.82) is 0 Å². The Bertz CT molecular complexity index is 534. The van der Waals surface area contributed by atoms with Gasteiger partial charge in [-0.05, 0) is 18.1 Å². The second-order valence-electron chi connectivity index (χ2n) is 4.18. The highest BCUT2D eigenvalue weighted by atomic mass is 35.5. The summed E-state index contributed by atoms with van der Waals surface area (Å²) in [4.78, 5) is 0. The van der Waals surface area contributed by atoms with Gasteiger partial charge in [-0.1, -0.05) is 76.9 Å². The van der Waals surface area contributed by atoms with Gasteiger partial charge < -0.3 is 5.21 Å². The number of benzene rings is 2. The summed E-state index contributed by atoms with van der Waals surface area (Å²) in [7, 11) is 0. The van der Waals surface area contributed by atoms with Crippen molar-refractivity contribution in [2.75, 3.05) is 0 Å². The molecule has 2 nitrogen and oxygen atoms in total. The summed E-state index contributed by atoms with van der Waals surface area (Å²) in [6.45, 7) is 2.03. The van der Waals surface area contributed by atoms with Gasteiger partial charge in [-0.15, -0.1) is 0 Å². The predicted octanol–water partition coefficient (Wildman–Crippen LogP) is 4.15. The van der Waals surface area contributed by atoms with Crippen LogP contribution in [0.1, 0.15) is 22.6 Å². The van der Waals surface area contributed by atoms with Gasteiger partial charge in [0.05, 0.1) is 5.92 Å². The average molecular weight is 260 g/mol. The van der Waals surface area contributed by atoms with E-state index in [0.717, 1.165) is 11.1 Å². The maximum absolute atomic E-state index is 8.94. The molecule has 92 valence electrons. The number of oxime groups is 1. The Hall–Kier alpha value is -1.80. The molecule has 0 radical (unpaired) electrons. The Morgan fingerprint density at radius 3 is 2.11 bits per heavy atom. The van der Waals surface area contributed by atoms with Crippen molar-refractivity contribution >= 4 is 16.8 Å². The first-order valence-corrected chi connectivity index (χ1v) is 6.09. The van der Waals surface area contributed by atoms with Crippen molar-refractivity contribution in [3.05, 3.63) is 71.3 Å². The molecule has 0 bridgehead atoms. The lowest BCUT2D eigenvalue weighted by Crippen LogP contribution is -2.09. The Morgan fingerprint density at radius 1 is 1.00 bits per heavy atom. The third-order valence-corrected chi connectivity index (χ3v) is 3.17. The highest BCUT2D eigenvalue weighted by Crippen LogP contribution is 2.28. The van der Waals surface area contributed by atoms with E-state index in [1.54, 1.807) is 0 Å². The van der Waals surface area contributed by atoms with E-state index in [4.69, 9.17) is 16.8 Å². The molecule has 0 saturated heterocycles. The van der Waals surface area contributed by atoms with Crippen molar-refractivity contribution in [1.82, 2.24) is 0 Å². The van der Waals surface area contributed by atoms with Crippen LogP contribution in [0.3, 0.4) is 0 Å². The fraction of sp³-hybridized carbons (Fsp3) is 0.133. The summed E-state index contributed by atoms with van der Waals surface area (Å²) in [5.74, 6) is -0.224. The predicted molar refractivity (Wildman–Crippen MR) is 74.5 cm³/mol. The van der Waals surface area contributed by atoms with Crippen molar-refractivity contribution in [2.24, 2.45) is 5.16 Å². The standard InChI is InChI=1S/C15H14ClNO/c1-11-7-9-13(10-8-11)14(15(16)17-18)12-5-3-2-4-6-12/h2-10,14,18H,1H3/b17-15+. The number of aryl methyl sites for hydroxylation is 1. The molecule has 3 heteroatoms. The van der Waals surface area contributed by atoms with Gasteiger partial charge in [0, 0.05) is 0 Å². The molecule has 0 aromatic heterocycles. The second kappa shape index (κ2) is 5.69. The normalized spacial score (nSPS) is 13.3. The fourth-order valence-electron chi connectivity index (χ4n) is 1.93. The van der Waals surface area contributed by atoms with Gasteiger partial charge in [0.2, 0.25) is 0 Å². The lowest BCUT2D eigenvalue weighted by molar-refractivity contribution is 0.319. The maximum Gasteiger partial charge on any atom is 0.157 e. The minimum absolute atomic E-state index is 0.171. The third-order valence-electron chi connectivity index (χ3n) is 2.88. The number of halogens is 1. The van der Waals surface area contributed by atoms with E-state index in [2.05, 4.69) is 5.16 Å². The molecule has 0 aliphatic rings. The van der Waals surface area contributed by atoms with Gasteiger partial charge >= 0.3 is 0 Å². The molecular weight excluding hydrogens is 246 g/mol. The average Bonchev–Trinajstić information content (AvgIpc) is 2.42. The topological polar surface area (TPSA) is 32.6 Å². The van der Waals surface area contributed by atoms with Crippen molar-refractivity contribution in [3.63, 3.8) is 0 Å². The maximum atomic E-state index is 8.94. The van der Waals surface area contributed by atoms with Gasteiger partial charge in [-0.3, -0.25) is 0 Å². The van der Waals surface area contributed by atoms with Gasteiger partial charge in [0.1, 0.15) is 0 Å². The highest BCUT2D eigenvalue weighted by molar-refractivity contribution is 6.66. The largest absolute Gasteiger partial charge is 0.410 e. The summed E-state index contributed by atoms with van der Waals surface area (Å²) in [6, 6.07) is 17.8. The molecule has 0 heterocycles. The van der Waals surface area contributed by atoms with E-state index >= 15 is 0 Å². The van der Waals surface area contributed by atoms with E-state index in [0.29, 0.717) is 0 Å². The lowest BCUT2D eigenvalue weighted by Gasteiger charge is -2.15. The van der Waals surface area contributed by atoms with Gasteiger partial charge in [0.15, 0.2) is 5.17 Å². The van der Waals surface area contributed by atoms with E-state index in [1.807, 2.05) is 61.5 Å². The Morgan fingerprint density at radius 2 is 1.56 bits per heavy atom. The van der Waals surface area contributed by atoms with Crippen LogP contribution in [0.4, 0.5) is 0 Å². The first-order chi connectivity index (χ1) is 8.72. The SMILES string of the molecule is Cc1ccc(C(/C(Cl)=N\O)c2ccccc2)cc1. The van der Waals surface area contributed by atoms with E-state index in [-0.39, 0.29) is 11.1 Å². The summed E-state index contributed by atoms with van der Waals surface area (Å²) < 4.78 is 0. The van der Waals surface area contributed by atoms with Crippen LogP contribution in [0.25, 0.3) is 0 Å². The molecule has 0 amide bonds. The van der Waals surface area contributed by atoms with Gasteiger partial charge in [-0.25, -0.2) is 0 Å². The number of rotatable bonds is 3. The molecule has 0 spiro atoms. The quantitative estimate of drug-likeness (QED) is 0.501. The molecule has 0 saturated carbocycles. The zero-order valence-corrected chi connectivity index (χ0v) is 10.8. The van der Waals surface area contributed by atoms with Crippen molar-refractivity contribution in [2.45, 2.75) is 12.8 Å². The van der Waals surface area contributed by atoms with Crippen LogP contribution in [0.2, 0.25) is 0 Å². The summed E-state index contributed by atoms with van der Waals surface area (Å²) >= 11 is 6.04. The molecule has 2 aromatic carbocycles. The second-order valence-corrected chi connectivity index (χ2v) is 4.56.